The zero-order valence-electron chi connectivity index (χ0n) is 9.99. The van der Waals surface area contributed by atoms with Gasteiger partial charge in [-0.05, 0) is 18.2 Å². The van der Waals surface area contributed by atoms with Crippen molar-refractivity contribution in [1.29, 1.82) is 0 Å². The van der Waals surface area contributed by atoms with E-state index in [1.54, 1.807) is 18.2 Å². The molecular weight excluding hydrogens is 248 g/mol. The fraction of sp³-hybridized carbons (Fsp3) is 0.0909. The molecule has 2 aromatic heterocycles. The Balaban J connectivity index is 2.04. The molecule has 1 aromatic carbocycles. The number of nitrogens with one attached hydrogen (secondary N) is 1. The van der Waals surface area contributed by atoms with Crippen LogP contribution in [0.25, 0.3) is 17.0 Å². The van der Waals surface area contributed by atoms with E-state index in [2.05, 4.69) is 24.8 Å². The predicted octanol–water partition coefficient (Wildman–Crippen LogP) is 0.512. The molecule has 0 radical (unpaired) electrons. The number of carbonyl (C=O) groups excluding carboxylic acids is 1. The number of hydrogen-bond acceptors (Lipinski definition) is 6. The maximum absolute atomic E-state index is 11.3. The molecule has 0 fully saturated rings. The van der Waals surface area contributed by atoms with Crippen LogP contribution >= 0.6 is 0 Å². The summed E-state index contributed by atoms with van der Waals surface area (Å²) in [6.07, 6.45) is 1.38. The number of aromatic nitrogens is 5. The van der Waals surface area contributed by atoms with Crippen LogP contribution in [0.2, 0.25) is 0 Å². The number of methoxy groups -OCH3 is 1. The fourth-order valence-corrected chi connectivity index (χ4v) is 1.67. The Labute approximate surface area is 107 Å². The molecule has 0 aliphatic heterocycles. The molecule has 3 aromatic rings. The van der Waals surface area contributed by atoms with Gasteiger partial charge in [-0.15, -0.1) is 5.10 Å². The molecule has 0 bridgehead atoms. The second-order valence-electron chi connectivity index (χ2n) is 3.84. The smallest absolute Gasteiger partial charge is 0.377 e. The molecular formula is C11H10N6O2. The van der Waals surface area contributed by atoms with Crippen molar-refractivity contribution in [2.75, 3.05) is 12.8 Å². The molecule has 3 rings (SSSR count). The van der Waals surface area contributed by atoms with Gasteiger partial charge in [0, 0.05) is 5.69 Å². The van der Waals surface area contributed by atoms with Gasteiger partial charge in [0.1, 0.15) is 6.33 Å². The molecule has 0 amide bonds. The minimum Gasteiger partial charge on any atom is -0.463 e. The van der Waals surface area contributed by atoms with Crippen molar-refractivity contribution >= 4 is 22.7 Å². The highest BCUT2D eigenvalue weighted by molar-refractivity contribution is 5.84. The Morgan fingerprint density at radius 1 is 1.47 bits per heavy atom. The number of aromatic amines is 1. The van der Waals surface area contributed by atoms with Crippen molar-refractivity contribution in [3.8, 4) is 5.95 Å². The largest absolute Gasteiger partial charge is 0.463 e. The van der Waals surface area contributed by atoms with Crippen molar-refractivity contribution in [2.45, 2.75) is 0 Å². The van der Waals surface area contributed by atoms with Gasteiger partial charge in [0.15, 0.2) is 0 Å². The number of imidazole rings is 1. The maximum Gasteiger partial charge on any atom is 0.377 e. The lowest BCUT2D eigenvalue weighted by Gasteiger charge is -1.92. The number of esters is 1. The number of ether oxygens (including phenoxy) is 1. The van der Waals surface area contributed by atoms with Crippen molar-refractivity contribution in [2.24, 2.45) is 0 Å². The Hall–Kier alpha value is -2.90. The first-order valence-corrected chi connectivity index (χ1v) is 5.43. The summed E-state index contributed by atoms with van der Waals surface area (Å²) in [5, 5.41) is 3.97. The Bertz CT molecular complexity index is 759. The van der Waals surface area contributed by atoms with Crippen molar-refractivity contribution in [3.63, 3.8) is 0 Å². The van der Waals surface area contributed by atoms with Crippen molar-refractivity contribution in [1.82, 2.24) is 24.7 Å². The van der Waals surface area contributed by atoms with Gasteiger partial charge in [0.2, 0.25) is 5.95 Å². The number of rotatable bonds is 2. The van der Waals surface area contributed by atoms with Crippen molar-refractivity contribution in [3.05, 3.63) is 30.4 Å². The minimum absolute atomic E-state index is 0.0255. The predicted molar refractivity (Wildman–Crippen MR) is 66.8 cm³/mol. The highest BCUT2D eigenvalue weighted by Gasteiger charge is 2.13. The number of carbonyl (C=O) groups is 1. The number of hydrogen-bond donors (Lipinski definition) is 2. The van der Waals surface area contributed by atoms with E-state index >= 15 is 0 Å². The molecule has 8 heteroatoms. The van der Waals surface area contributed by atoms with Gasteiger partial charge in [-0.3, -0.25) is 0 Å². The molecule has 0 spiro atoms. The maximum atomic E-state index is 11.3. The number of anilines is 1. The van der Waals surface area contributed by atoms with Gasteiger partial charge < -0.3 is 15.5 Å². The number of fused-ring (bicyclic) bond motifs is 1. The van der Waals surface area contributed by atoms with E-state index in [0.29, 0.717) is 11.6 Å². The van der Waals surface area contributed by atoms with Gasteiger partial charge in [-0.25, -0.2) is 14.8 Å². The lowest BCUT2D eigenvalue weighted by atomic mass is 10.3. The van der Waals surface area contributed by atoms with E-state index in [1.807, 2.05) is 0 Å². The van der Waals surface area contributed by atoms with E-state index in [-0.39, 0.29) is 5.82 Å². The summed E-state index contributed by atoms with van der Waals surface area (Å²) in [4.78, 5) is 22.5. The van der Waals surface area contributed by atoms with Crippen LogP contribution in [0, 0.1) is 0 Å². The third-order valence-corrected chi connectivity index (χ3v) is 2.57. The Morgan fingerprint density at radius 3 is 3.11 bits per heavy atom. The average Bonchev–Trinajstić information content (AvgIpc) is 3.03. The third-order valence-electron chi connectivity index (χ3n) is 2.57. The summed E-state index contributed by atoms with van der Waals surface area (Å²) < 4.78 is 5.90. The zero-order valence-corrected chi connectivity index (χ0v) is 9.99. The molecule has 0 aliphatic rings. The number of nitrogens with two attached hydrogens (primary N) is 1. The number of benzene rings is 1. The highest BCUT2D eigenvalue weighted by Crippen LogP contribution is 2.16. The van der Waals surface area contributed by atoms with Gasteiger partial charge in [-0.2, -0.15) is 4.68 Å². The first kappa shape index (κ1) is 11.2. The first-order valence-electron chi connectivity index (χ1n) is 5.43. The molecule has 96 valence electrons. The standard InChI is InChI=1S/C11H10N6O2/c1-19-10(18)9-13-5-17(16-9)11-14-7-3-2-6(12)4-8(7)15-11/h2-5H,12H2,1H3,(H,14,15). The lowest BCUT2D eigenvalue weighted by Crippen LogP contribution is -2.05. The minimum atomic E-state index is -0.598. The van der Waals surface area contributed by atoms with Gasteiger partial charge in [0.25, 0.3) is 5.82 Å². The number of nitrogens with zero attached hydrogens (tertiary/aromatic N) is 4. The molecule has 0 atom stereocenters. The fourth-order valence-electron chi connectivity index (χ4n) is 1.67. The van der Waals surface area contributed by atoms with Crippen LogP contribution in [-0.2, 0) is 4.74 Å². The average molecular weight is 258 g/mol. The molecule has 0 unspecified atom stereocenters. The van der Waals surface area contributed by atoms with Gasteiger partial charge in [0.05, 0.1) is 18.1 Å². The highest BCUT2D eigenvalue weighted by atomic mass is 16.5. The van der Waals surface area contributed by atoms with Crippen LogP contribution in [0.3, 0.4) is 0 Å². The Morgan fingerprint density at radius 2 is 2.32 bits per heavy atom. The van der Waals surface area contributed by atoms with E-state index in [1.165, 1.54) is 18.1 Å². The van der Waals surface area contributed by atoms with Gasteiger partial charge in [-0.1, -0.05) is 0 Å². The van der Waals surface area contributed by atoms with E-state index < -0.39 is 5.97 Å². The molecule has 19 heavy (non-hydrogen) atoms. The molecule has 8 nitrogen and oxygen atoms in total. The molecule has 0 saturated heterocycles. The van der Waals surface area contributed by atoms with E-state index in [9.17, 15) is 4.79 Å². The van der Waals surface area contributed by atoms with Crippen LogP contribution in [0.4, 0.5) is 5.69 Å². The van der Waals surface area contributed by atoms with E-state index in [0.717, 1.165) is 11.0 Å². The second-order valence-corrected chi connectivity index (χ2v) is 3.84. The summed E-state index contributed by atoms with van der Waals surface area (Å²) in [6, 6.07) is 5.32. The topological polar surface area (TPSA) is 112 Å². The monoisotopic (exact) mass is 258 g/mol. The van der Waals surface area contributed by atoms with Crippen LogP contribution in [0.15, 0.2) is 24.5 Å². The molecule has 0 aliphatic carbocycles. The summed E-state index contributed by atoms with van der Waals surface area (Å²) in [5.74, 6) is -0.176. The Kier molecular flexibility index (Phi) is 2.41. The first-order chi connectivity index (χ1) is 9.17. The lowest BCUT2D eigenvalue weighted by molar-refractivity contribution is 0.0587. The van der Waals surface area contributed by atoms with Crippen LogP contribution in [-0.4, -0.2) is 37.8 Å². The molecule has 2 heterocycles. The van der Waals surface area contributed by atoms with Gasteiger partial charge >= 0.3 is 5.97 Å². The quantitative estimate of drug-likeness (QED) is 0.511. The van der Waals surface area contributed by atoms with Crippen LogP contribution in [0.5, 0.6) is 0 Å². The summed E-state index contributed by atoms with van der Waals surface area (Å²) in [5.41, 5.74) is 7.86. The number of H-pyrrole nitrogens is 1. The summed E-state index contributed by atoms with van der Waals surface area (Å²) in [6.45, 7) is 0. The SMILES string of the molecule is COC(=O)c1ncn(-c2nc3ccc(N)cc3[nH]2)n1. The van der Waals surface area contributed by atoms with E-state index in [4.69, 9.17) is 5.73 Å². The summed E-state index contributed by atoms with van der Waals surface area (Å²) in [7, 11) is 1.27. The second kappa shape index (κ2) is 4.09. The summed E-state index contributed by atoms with van der Waals surface area (Å²) >= 11 is 0. The van der Waals surface area contributed by atoms with Crippen molar-refractivity contribution < 1.29 is 9.53 Å². The normalized spacial score (nSPS) is 10.8. The molecule has 3 N–H and O–H groups in total. The third kappa shape index (κ3) is 1.88. The van der Waals surface area contributed by atoms with Crippen LogP contribution < -0.4 is 5.73 Å². The number of nitrogen functional groups attached to an aromatic ring is 1. The molecule has 0 saturated carbocycles. The van der Waals surface area contributed by atoms with Crippen LogP contribution in [0.1, 0.15) is 10.6 Å². The zero-order chi connectivity index (χ0) is 13.4.